The molecule has 0 aliphatic heterocycles. The minimum Gasteiger partial charge on any atom is -0.497 e. The molecule has 0 bridgehead atoms. The quantitative estimate of drug-likeness (QED) is 0.641. The van der Waals surface area contributed by atoms with Crippen molar-refractivity contribution < 1.29 is 4.74 Å². The molecule has 0 radical (unpaired) electrons. The fourth-order valence-electron chi connectivity index (χ4n) is 2.23. The molecule has 0 amide bonds. The predicted molar refractivity (Wildman–Crippen MR) is 94.7 cm³/mol. The van der Waals surface area contributed by atoms with E-state index >= 15 is 0 Å². The predicted octanol–water partition coefficient (Wildman–Crippen LogP) is 4.21. The number of hydrogen-bond acceptors (Lipinski definition) is 5. The standard InChI is InChI=1S/C17H13ClN4OS/c1-23-15-4-2-3-12(11-15)16-20-21-17(24-10-9-19)22(16)14-7-5-13(18)6-8-14/h2-8,11H,10H2,1H3. The normalized spacial score (nSPS) is 10.4. The molecule has 0 saturated carbocycles. The minimum absolute atomic E-state index is 0.295. The second-order valence-corrected chi connectivity index (χ2v) is 6.18. The van der Waals surface area contributed by atoms with Crippen molar-refractivity contribution in [3.8, 4) is 28.9 Å². The van der Waals surface area contributed by atoms with Crippen LogP contribution in [0.3, 0.4) is 0 Å². The third-order valence-corrected chi connectivity index (χ3v) is 4.36. The highest BCUT2D eigenvalue weighted by molar-refractivity contribution is 7.99. The molecule has 2 aromatic carbocycles. The van der Waals surface area contributed by atoms with E-state index < -0.39 is 0 Å². The van der Waals surface area contributed by atoms with Gasteiger partial charge in [-0.05, 0) is 36.4 Å². The van der Waals surface area contributed by atoms with Gasteiger partial charge in [0, 0.05) is 16.3 Å². The molecule has 0 aliphatic carbocycles. The summed E-state index contributed by atoms with van der Waals surface area (Å²) in [6.07, 6.45) is 0. The molecule has 1 aromatic heterocycles. The molecule has 7 heteroatoms. The summed E-state index contributed by atoms with van der Waals surface area (Å²) in [4.78, 5) is 0. The first-order valence-corrected chi connectivity index (χ1v) is 8.45. The summed E-state index contributed by atoms with van der Waals surface area (Å²) in [6, 6.07) is 17.1. The van der Waals surface area contributed by atoms with E-state index in [0.717, 1.165) is 17.0 Å². The van der Waals surface area contributed by atoms with Crippen LogP contribution in [0, 0.1) is 11.3 Å². The molecule has 0 N–H and O–H groups in total. The molecule has 0 atom stereocenters. The van der Waals surface area contributed by atoms with Crippen LogP contribution >= 0.6 is 23.4 Å². The van der Waals surface area contributed by atoms with Crippen molar-refractivity contribution in [3.05, 3.63) is 53.6 Å². The van der Waals surface area contributed by atoms with Gasteiger partial charge in [0.1, 0.15) is 5.75 Å². The largest absolute Gasteiger partial charge is 0.497 e. The molecule has 3 rings (SSSR count). The molecule has 3 aromatic rings. The average Bonchev–Trinajstić information content (AvgIpc) is 3.04. The van der Waals surface area contributed by atoms with Gasteiger partial charge in [0.15, 0.2) is 11.0 Å². The number of benzene rings is 2. The van der Waals surface area contributed by atoms with E-state index in [1.165, 1.54) is 11.8 Å². The summed E-state index contributed by atoms with van der Waals surface area (Å²) in [7, 11) is 1.62. The smallest absolute Gasteiger partial charge is 0.197 e. The first-order chi connectivity index (χ1) is 11.7. The van der Waals surface area contributed by atoms with Gasteiger partial charge in [0.25, 0.3) is 0 Å². The molecule has 5 nitrogen and oxygen atoms in total. The van der Waals surface area contributed by atoms with E-state index in [1.807, 2.05) is 53.1 Å². The van der Waals surface area contributed by atoms with Crippen molar-refractivity contribution in [1.82, 2.24) is 14.8 Å². The zero-order chi connectivity index (χ0) is 16.9. The van der Waals surface area contributed by atoms with Crippen LogP contribution < -0.4 is 4.74 Å². The zero-order valence-electron chi connectivity index (χ0n) is 12.8. The Morgan fingerprint density at radius 1 is 1.21 bits per heavy atom. The number of halogens is 1. The van der Waals surface area contributed by atoms with Crippen LogP contribution in [-0.4, -0.2) is 27.6 Å². The zero-order valence-corrected chi connectivity index (χ0v) is 14.4. The molecule has 0 unspecified atom stereocenters. The number of rotatable bonds is 5. The van der Waals surface area contributed by atoms with Gasteiger partial charge < -0.3 is 4.74 Å². The molecule has 0 saturated heterocycles. The van der Waals surface area contributed by atoms with Crippen molar-refractivity contribution in [3.63, 3.8) is 0 Å². The van der Waals surface area contributed by atoms with E-state index in [0.29, 0.717) is 21.8 Å². The maximum atomic E-state index is 8.86. The molecular weight excluding hydrogens is 344 g/mol. The molecule has 24 heavy (non-hydrogen) atoms. The van der Waals surface area contributed by atoms with E-state index in [2.05, 4.69) is 16.3 Å². The topological polar surface area (TPSA) is 63.7 Å². The van der Waals surface area contributed by atoms with E-state index in [4.69, 9.17) is 21.6 Å². The van der Waals surface area contributed by atoms with Gasteiger partial charge >= 0.3 is 0 Å². The van der Waals surface area contributed by atoms with Crippen LogP contribution in [0.2, 0.25) is 5.02 Å². The van der Waals surface area contributed by atoms with Crippen LogP contribution in [0.15, 0.2) is 53.7 Å². The summed E-state index contributed by atoms with van der Waals surface area (Å²) >= 11 is 7.32. The Morgan fingerprint density at radius 3 is 2.71 bits per heavy atom. The average molecular weight is 357 g/mol. The molecule has 1 heterocycles. The molecular formula is C17H13ClN4OS. The summed E-state index contributed by atoms with van der Waals surface area (Å²) in [6.45, 7) is 0. The molecule has 120 valence electrons. The Hall–Kier alpha value is -2.49. The van der Waals surface area contributed by atoms with Gasteiger partial charge in [-0.25, -0.2) is 0 Å². The SMILES string of the molecule is COc1cccc(-c2nnc(SCC#N)n2-c2ccc(Cl)cc2)c1. The Kier molecular flexibility index (Phi) is 5.04. The number of thioether (sulfide) groups is 1. The van der Waals surface area contributed by atoms with Gasteiger partial charge in [-0.15, -0.1) is 10.2 Å². The number of methoxy groups -OCH3 is 1. The van der Waals surface area contributed by atoms with Crippen LogP contribution in [0.5, 0.6) is 5.75 Å². The Balaban J connectivity index is 2.13. The Labute approximate surface area is 148 Å². The maximum Gasteiger partial charge on any atom is 0.197 e. The van der Waals surface area contributed by atoms with Crippen molar-refractivity contribution in [2.24, 2.45) is 0 Å². The van der Waals surface area contributed by atoms with Crippen LogP contribution in [0.25, 0.3) is 17.1 Å². The second kappa shape index (κ2) is 7.39. The number of nitrogens with zero attached hydrogens (tertiary/aromatic N) is 4. The number of nitriles is 1. The first kappa shape index (κ1) is 16.4. The lowest BCUT2D eigenvalue weighted by Crippen LogP contribution is -2.00. The van der Waals surface area contributed by atoms with Gasteiger partial charge in [0.05, 0.1) is 18.9 Å². The Morgan fingerprint density at radius 2 is 2.00 bits per heavy atom. The fraction of sp³-hybridized carbons (Fsp3) is 0.118. The third kappa shape index (κ3) is 3.37. The monoisotopic (exact) mass is 356 g/mol. The van der Waals surface area contributed by atoms with Crippen molar-refractivity contribution >= 4 is 23.4 Å². The fourth-order valence-corrected chi connectivity index (χ4v) is 2.97. The minimum atomic E-state index is 0.295. The highest BCUT2D eigenvalue weighted by atomic mass is 35.5. The number of ether oxygens (including phenoxy) is 1. The summed E-state index contributed by atoms with van der Waals surface area (Å²) in [5.74, 6) is 1.71. The second-order valence-electron chi connectivity index (χ2n) is 4.80. The maximum absolute atomic E-state index is 8.86. The lowest BCUT2D eigenvalue weighted by Gasteiger charge is -2.10. The van der Waals surface area contributed by atoms with Gasteiger partial charge in [0.2, 0.25) is 0 Å². The van der Waals surface area contributed by atoms with E-state index in [9.17, 15) is 0 Å². The van der Waals surface area contributed by atoms with Crippen LogP contribution in [0.1, 0.15) is 0 Å². The Bertz CT molecular complexity index is 886. The highest BCUT2D eigenvalue weighted by Crippen LogP contribution is 2.30. The first-order valence-electron chi connectivity index (χ1n) is 7.08. The summed E-state index contributed by atoms with van der Waals surface area (Å²) in [5.41, 5.74) is 1.75. The highest BCUT2D eigenvalue weighted by Gasteiger charge is 2.16. The summed E-state index contributed by atoms with van der Waals surface area (Å²) < 4.78 is 7.20. The molecule has 0 fully saturated rings. The van der Waals surface area contributed by atoms with E-state index in [-0.39, 0.29) is 0 Å². The van der Waals surface area contributed by atoms with Crippen molar-refractivity contribution in [2.45, 2.75) is 5.16 Å². The summed E-state index contributed by atoms with van der Waals surface area (Å²) in [5, 5.41) is 18.7. The lowest BCUT2D eigenvalue weighted by molar-refractivity contribution is 0.415. The molecule has 0 aliphatic rings. The van der Waals surface area contributed by atoms with Gasteiger partial charge in [-0.1, -0.05) is 35.5 Å². The molecule has 0 spiro atoms. The van der Waals surface area contributed by atoms with Crippen LogP contribution in [0.4, 0.5) is 0 Å². The van der Waals surface area contributed by atoms with Crippen LogP contribution in [-0.2, 0) is 0 Å². The van der Waals surface area contributed by atoms with Gasteiger partial charge in [-0.2, -0.15) is 5.26 Å². The van der Waals surface area contributed by atoms with Crippen molar-refractivity contribution in [2.75, 3.05) is 12.9 Å². The number of hydrogen-bond donors (Lipinski definition) is 0. The lowest BCUT2D eigenvalue weighted by atomic mass is 10.2. The number of aromatic nitrogens is 3. The van der Waals surface area contributed by atoms with Gasteiger partial charge in [-0.3, -0.25) is 4.57 Å². The van der Waals surface area contributed by atoms with Crippen molar-refractivity contribution in [1.29, 1.82) is 5.26 Å². The van der Waals surface area contributed by atoms with E-state index in [1.54, 1.807) is 7.11 Å². The third-order valence-electron chi connectivity index (χ3n) is 3.31.